The molecule has 1 aliphatic rings. The first kappa shape index (κ1) is 19.1. The highest BCUT2D eigenvalue weighted by Crippen LogP contribution is 2.24. The molecule has 4 rings (SSSR count). The maximum absolute atomic E-state index is 5.20. The number of nitrogens with one attached hydrogen (secondary N) is 2. The van der Waals surface area contributed by atoms with E-state index < -0.39 is 0 Å². The topological polar surface area (TPSA) is 62.3 Å². The van der Waals surface area contributed by atoms with Crippen molar-refractivity contribution in [2.24, 2.45) is 0 Å². The summed E-state index contributed by atoms with van der Waals surface area (Å²) in [5, 5.41) is 6.64. The average molecular weight is 390 g/mol. The van der Waals surface area contributed by atoms with Gasteiger partial charge in [-0.3, -0.25) is 0 Å². The minimum absolute atomic E-state index is 0.558. The van der Waals surface area contributed by atoms with Gasteiger partial charge in [0.2, 0.25) is 5.95 Å². The van der Waals surface area contributed by atoms with Crippen molar-refractivity contribution in [1.29, 1.82) is 0 Å². The molecule has 6 heteroatoms. The van der Waals surface area contributed by atoms with Gasteiger partial charge in [0.1, 0.15) is 11.6 Å². The second-order valence-electron chi connectivity index (χ2n) is 7.29. The molecular weight excluding hydrogens is 362 g/mol. The highest BCUT2D eigenvalue weighted by molar-refractivity contribution is 5.63. The zero-order valence-electron chi connectivity index (χ0n) is 17.0. The van der Waals surface area contributed by atoms with Gasteiger partial charge >= 0.3 is 0 Å². The standard InChI is InChI=1S/C23H27N5O/c1-17-16-22(27-23(24-17)26-19-8-12-21(29-2)13-9-19)25-18-6-10-20(11-7-18)28-14-4-3-5-15-28/h6-13,16H,3-5,14-15H2,1-2H3,(H2,24,25,26,27). The fourth-order valence-corrected chi connectivity index (χ4v) is 3.55. The molecule has 1 saturated heterocycles. The third kappa shape index (κ3) is 4.96. The number of hydrogen-bond donors (Lipinski definition) is 2. The van der Waals surface area contributed by atoms with Crippen LogP contribution in [0.25, 0.3) is 0 Å². The van der Waals surface area contributed by atoms with Crippen molar-refractivity contribution in [2.75, 3.05) is 35.7 Å². The van der Waals surface area contributed by atoms with Crippen LogP contribution < -0.4 is 20.3 Å². The molecule has 3 aromatic rings. The van der Waals surface area contributed by atoms with Crippen molar-refractivity contribution < 1.29 is 4.74 Å². The van der Waals surface area contributed by atoms with Gasteiger partial charge in [-0.2, -0.15) is 4.98 Å². The van der Waals surface area contributed by atoms with Gasteiger partial charge in [0.15, 0.2) is 0 Å². The SMILES string of the molecule is COc1ccc(Nc2nc(C)cc(Nc3ccc(N4CCCCC4)cc3)n2)cc1. The van der Waals surface area contributed by atoms with Crippen molar-refractivity contribution in [3.63, 3.8) is 0 Å². The van der Waals surface area contributed by atoms with Crippen LogP contribution in [0.4, 0.5) is 28.8 Å². The Labute approximate surface area is 172 Å². The van der Waals surface area contributed by atoms with Gasteiger partial charge in [-0.15, -0.1) is 0 Å². The van der Waals surface area contributed by atoms with Crippen LogP contribution in [-0.4, -0.2) is 30.2 Å². The molecule has 2 aromatic carbocycles. The Hall–Kier alpha value is -3.28. The molecular formula is C23H27N5O. The fraction of sp³-hybridized carbons (Fsp3) is 0.304. The number of ether oxygens (including phenoxy) is 1. The molecule has 2 heterocycles. The third-order valence-electron chi connectivity index (χ3n) is 5.06. The number of methoxy groups -OCH3 is 1. The van der Waals surface area contributed by atoms with Crippen LogP contribution in [0, 0.1) is 6.92 Å². The Morgan fingerprint density at radius 1 is 0.828 bits per heavy atom. The van der Waals surface area contributed by atoms with E-state index in [2.05, 4.69) is 49.8 Å². The van der Waals surface area contributed by atoms with Gasteiger partial charge in [-0.05, 0) is 74.7 Å². The zero-order chi connectivity index (χ0) is 20.1. The van der Waals surface area contributed by atoms with E-state index in [0.29, 0.717) is 5.95 Å². The molecule has 0 amide bonds. The summed E-state index contributed by atoms with van der Waals surface area (Å²) in [4.78, 5) is 11.5. The molecule has 0 saturated carbocycles. The van der Waals surface area contributed by atoms with Crippen molar-refractivity contribution in [2.45, 2.75) is 26.2 Å². The molecule has 1 fully saturated rings. The molecule has 1 aromatic heterocycles. The van der Waals surface area contributed by atoms with Crippen molar-refractivity contribution in [3.05, 3.63) is 60.3 Å². The van der Waals surface area contributed by atoms with Gasteiger partial charge in [0.25, 0.3) is 0 Å². The molecule has 0 bridgehead atoms. The van der Waals surface area contributed by atoms with Gasteiger partial charge in [0.05, 0.1) is 7.11 Å². The lowest BCUT2D eigenvalue weighted by atomic mass is 10.1. The summed E-state index contributed by atoms with van der Waals surface area (Å²) in [6.45, 7) is 4.27. The highest BCUT2D eigenvalue weighted by Gasteiger charge is 2.11. The number of aromatic nitrogens is 2. The molecule has 0 spiro atoms. The first-order valence-electron chi connectivity index (χ1n) is 10.1. The molecule has 6 nitrogen and oxygen atoms in total. The molecule has 0 atom stereocenters. The van der Waals surface area contributed by atoms with Crippen molar-refractivity contribution in [3.8, 4) is 5.75 Å². The Balaban J connectivity index is 1.45. The van der Waals surface area contributed by atoms with E-state index in [1.54, 1.807) is 7.11 Å². The summed E-state index contributed by atoms with van der Waals surface area (Å²) < 4.78 is 5.20. The second kappa shape index (κ2) is 8.82. The summed E-state index contributed by atoms with van der Waals surface area (Å²) in [5.41, 5.74) is 4.10. The van der Waals surface area contributed by atoms with Gasteiger partial charge in [-0.1, -0.05) is 0 Å². The Morgan fingerprint density at radius 2 is 1.48 bits per heavy atom. The van der Waals surface area contributed by atoms with Crippen LogP contribution in [0.15, 0.2) is 54.6 Å². The van der Waals surface area contributed by atoms with Crippen LogP contribution in [0.3, 0.4) is 0 Å². The molecule has 2 N–H and O–H groups in total. The smallest absolute Gasteiger partial charge is 0.229 e. The normalized spacial score (nSPS) is 13.8. The van der Waals surface area contributed by atoms with Crippen LogP contribution >= 0.6 is 0 Å². The van der Waals surface area contributed by atoms with E-state index in [-0.39, 0.29) is 0 Å². The van der Waals surface area contributed by atoms with E-state index in [1.807, 2.05) is 37.3 Å². The number of rotatable bonds is 6. The zero-order valence-corrected chi connectivity index (χ0v) is 17.0. The first-order valence-corrected chi connectivity index (χ1v) is 10.1. The predicted octanol–water partition coefficient (Wildman–Crippen LogP) is 5.27. The van der Waals surface area contributed by atoms with Crippen molar-refractivity contribution in [1.82, 2.24) is 9.97 Å². The van der Waals surface area contributed by atoms with Gasteiger partial charge < -0.3 is 20.3 Å². The molecule has 150 valence electrons. The Bertz CT molecular complexity index is 934. The first-order chi connectivity index (χ1) is 14.2. The lowest BCUT2D eigenvalue weighted by Crippen LogP contribution is -2.29. The number of anilines is 5. The number of hydrogen-bond acceptors (Lipinski definition) is 6. The molecule has 0 unspecified atom stereocenters. The monoisotopic (exact) mass is 389 g/mol. The highest BCUT2D eigenvalue weighted by atomic mass is 16.5. The van der Waals surface area contributed by atoms with Crippen LogP contribution in [0.5, 0.6) is 5.75 Å². The van der Waals surface area contributed by atoms with Crippen LogP contribution in [-0.2, 0) is 0 Å². The minimum atomic E-state index is 0.558. The maximum Gasteiger partial charge on any atom is 0.229 e. The molecule has 1 aliphatic heterocycles. The van der Waals surface area contributed by atoms with Gasteiger partial charge in [-0.25, -0.2) is 4.98 Å². The maximum atomic E-state index is 5.20. The lowest BCUT2D eigenvalue weighted by Gasteiger charge is -2.28. The number of piperidine rings is 1. The van der Waals surface area contributed by atoms with Gasteiger partial charge in [0, 0.05) is 41.9 Å². The predicted molar refractivity (Wildman–Crippen MR) is 119 cm³/mol. The van der Waals surface area contributed by atoms with E-state index in [1.165, 1.54) is 24.9 Å². The van der Waals surface area contributed by atoms with Crippen molar-refractivity contribution >= 4 is 28.8 Å². The summed E-state index contributed by atoms with van der Waals surface area (Å²) in [6.07, 6.45) is 3.91. The number of benzene rings is 2. The fourth-order valence-electron chi connectivity index (χ4n) is 3.55. The average Bonchev–Trinajstić information content (AvgIpc) is 2.75. The lowest BCUT2D eigenvalue weighted by molar-refractivity contribution is 0.415. The summed E-state index contributed by atoms with van der Waals surface area (Å²) in [5.74, 6) is 2.14. The Kier molecular flexibility index (Phi) is 5.79. The molecule has 29 heavy (non-hydrogen) atoms. The minimum Gasteiger partial charge on any atom is -0.497 e. The molecule has 0 aliphatic carbocycles. The van der Waals surface area contributed by atoms with E-state index in [9.17, 15) is 0 Å². The summed E-state index contributed by atoms with van der Waals surface area (Å²) in [7, 11) is 1.66. The number of aryl methyl sites for hydroxylation is 1. The van der Waals surface area contributed by atoms with E-state index in [0.717, 1.165) is 41.7 Å². The Morgan fingerprint density at radius 3 is 2.17 bits per heavy atom. The largest absolute Gasteiger partial charge is 0.497 e. The quantitative estimate of drug-likeness (QED) is 0.599. The number of nitrogens with zero attached hydrogens (tertiary/aromatic N) is 3. The van der Waals surface area contributed by atoms with Crippen LogP contribution in [0.2, 0.25) is 0 Å². The summed E-state index contributed by atoms with van der Waals surface area (Å²) >= 11 is 0. The van der Waals surface area contributed by atoms with E-state index >= 15 is 0 Å². The molecule has 0 radical (unpaired) electrons. The van der Waals surface area contributed by atoms with Crippen LogP contribution in [0.1, 0.15) is 25.0 Å². The van der Waals surface area contributed by atoms with E-state index in [4.69, 9.17) is 4.74 Å². The third-order valence-corrected chi connectivity index (χ3v) is 5.06. The summed E-state index contributed by atoms with van der Waals surface area (Å²) in [6, 6.07) is 18.2. The second-order valence-corrected chi connectivity index (χ2v) is 7.29.